The minimum atomic E-state index is -0.592. The van der Waals surface area contributed by atoms with Gasteiger partial charge in [0.25, 0.3) is 5.58 Å². The summed E-state index contributed by atoms with van der Waals surface area (Å²) in [5, 5.41) is 10.6. The van der Waals surface area contributed by atoms with Gasteiger partial charge in [0.05, 0.1) is 7.11 Å². The van der Waals surface area contributed by atoms with E-state index in [1.807, 2.05) is 6.07 Å². The van der Waals surface area contributed by atoms with Crippen molar-refractivity contribution in [1.82, 2.24) is 0 Å². The fourth-order valence-electron chi connectivity index (χ4n) is 1.81. The van der Waals surface area contributed by atoms with E-state index >= 15 is 0 Å². The van der Waals surface area contributed by atoms with Crippen LogP contribution >= 0.6 is 0 Å². The minimum Gasteiger partial charge on any atom is -0.524 e. The predicted molar refractivity (Wildman–Crippen MR) is 64.0 cm³/mol. The third-order valence-corrected chi connectivity index (χ3v) is 2.52. The maximum Gasteiger partial charge on any atom is 0.432 e. The first-order valence-electron chi connectivity index (χ1n) is 5.13. The van der Waals surface area contributed by atoms with Gasteiger partial charge < -0.3 is 13.9 Å². The van der Waals surface area contributed by atoms with Gasteiger partial charge in [-0.05, 0) is 12.1 Å². The van der Waals surface area contributed by atoms with Crippen molar-refractivity contribution < 1.29 is 18.7 Å². The Bertz CT molecular complexity index is 580. The van der Waals surface area contributed by atoms with E-state index in [9.17, 15) is 9.90 Å². The van der Waals surface area contributed by atoms with E-state index in [1.165, 1.54) is 7.11 Å². The van der Waals surface area contributed by atoms with Crippen LogP contribution in [0.5, 0.6) is 5.75 Å². The molecule has 0 radical (unpaired) electrons. The maximum atomic E-state index is 11.6. The average Bonchev–Trinajstić information content (AvgIpc) is 2.63. The Kier molecular flexibility index (Phi) is 2.87. The third-order valence-electron chi connectivity index (χ3n) is 2.52. The zero-order valence-electron chi connectivity index (χ0n) is 9.47. The highest BCUT2D eigenvalue weighted by Gasteiger charge is 2.31. The molecule has 2 rings (SSSR count). The van der Waals surface area contributed by atoms with Crippen LogP contribution in [-0.2, 0) is 11.3 Å². The number of rotatable bonds is 3. The normalized spacial score (nSPS) is 10.4. The third kappa shape index (κ3) is 1.67. The quantitative estimate of drug-likeness (QED) is 0.504. The molecule has 0 spiro atoms. The number of benzene rings is 1. The first-order chi connectivity index (χ1) is 8.20. The Morgan fingerprint density at radius 2 is 2.24 bits per heavy atom. The summed E-state index contributed by atoms with van der Waals surface area (Å²) < 4.78 is 7.26. The van der Waals surface area contributed by atoms with Gasteiger partial charge in [-0.1, -0.05) is 18.7 Å². The Morgan fingerprint density at radius 1 is 1.53 bits per heavy atom. The number of esters is 1. The van der Waals surface area contributed by atoms with Crippen LogP contribution < -0.4 is 0 Å². The molecule has 4 heteroatoms. The van der Waals surface area contributed by atoms with Gasteiger partial charge in [0.1, 0.15) is 5.39 Å². The van der Waals surface area contributed by atoms with Gasteiger partial charge in [-0.3, -0.25) is 0 Å². The van der Waals surface area contributed by atoms with Gasteiger partial charge in [-0.2, -0.15) is 0 Å². The summed E-state index contributed by atoms with van der Waals surface area (Å²) >= 11 is 0. The van der Waals surface area contributed by atoms with Crippen LogP contribution in [0.4, 0.5) is 0 Å². The standard InChI is InChI=1S/C13H12O4/c1-3-8-17-10-7-5-4-6-9(10)11(14)12(17)13(15)16-2/h3-7H,1,8H2,2H3/p+1. The molecular formula is C13H13O4+. The number of aromatic hydroxyl groups is 1. The number of carbonyl (C=O) groups is 1. The van der Waals surface area contributed by atoms with Gasteiger partial charge in [0.2, 0.25) is 5.75 Å². The molecule has 88 valence electrons. The van der Waals surface area contributed by atoms with Crippen molar-refractivity contribution >= 4 is 16.9 Å². The molecule has 0 atom stereocenters. The van der Waals surface area contributed by atoms with Crippen LogP contribution in [0.25, 0.3) is 11.0 Å². The summed E-state index contributed by atoms with van der Waals surface area (Å²) in [4.78, 5) is 11.6. The molecule has 0 aliphatic carbocycles. The Hall–Kier alpha value is -2.23. The highest BCUT2D eigenvalue weighted by atomic mass is 16.6. The maximum absolute atomic E-state index is 11.6. The second-order valence-corrected chi connectivity index (χ2v) is 3.51. The lowest BCUT2D eigenvalue weighted by molar-refractivity contribution is 0.0453. The molecule has 0 unspecified atom stereocenters. The van der Waals surface area contributed by atoms with E-state index < -0.39 is 5.97 Å². The van der Waals surface area contributed by atoms with Crippen LogP contribution in [0.15, 0.2) is 41.0 Å². The Labute approximate surface area is 98.4 Å². The number of hydrogen-bond acceptors (Lipinski definition) is 3. The number of ether oxygens (including phenoxy) is 1. The van der Waals surface area contributed by atoms with Crippen molar-refractivity contribution in [2.45, 2.75) is 6.61 Å². The summed E-state index contributed by atoms with van der Waals surface area (Å²) in [5.74, 6) is -0.599. The van der Waals surface area contributed by atoms with Gasteiger partial charge >= 0.3 is 11.7 Å². The second-order valence-electron chi connectivity index (χ2n) is 3.51. The summed E-state index contributed by atoms with van der Waals surface area (Å²) in [7, 11) is 1.28. The number of allylic oxidation sites excluding steroid dienone is 1. The van der Waals surface area contributed by atoms with Crippen molar-refractivity contribution in [3.05, 3.63) is 42.7 Å². The topological polar surface area (TPSA) is 49.2 Å². The van der Waals surface area contributed by atoms with Gasteiger partial charge in [-0.15, -0.1) is 0 Å². The van der Waals surface area contributed by atoms with Gasteiger partial charge in [0, 0.05) is 6.07 Å². The van der Waals surface area contributed by atoms with E-state index in [1.54, 1.807) is 24.3 Å². The molecule has 1 heterocycles. The van der Waals surface area contributed by atoms with Crippen molar-refractivity contribution in [1.29, 1.82) is 0 Å². The van der Waals surface area contributed by atoms with Crippen molar-refractivity contribution in [3.63, 3.8) is 0 Å². The average molecular weight is 233 g/mol. The smallest absolute Gasteiger partial charge is 0.432 e. The predicted octanol–water partition coefficient (Wildman–Crippen LogP) is 2.80. The lowest BCUT2D eigenvalue weighted by Gasteiger charge is -2.03. The van der Waals surface area contributed by atoms with E-state index in [2.05, 4.69) is 15.4 Å². The summed E-state index contributed by atoms with van der Waals surface area (Å²) in [5.41, 5.74) is 0.699. The molecule has 0 aliphatic rings. The van der Waals surface area contributed by atoms with E-state index in [0.717, 1.165) is 0 Å². The van der Waals surface area contributed by atoms with Crippen LogP contribution in [-0.4, -0.2) is 18.2 Å². The zero-order chi connectivity index (χ0) is 12.4. The molecule has 1 aromatic carbocycles. The number of furan rings is 1. The number of fused-ring (bicyclic) bond motifs is 1. The van der Waals surface area contributed by atoms with Crippen molar-refractivity contribution in [2.75, 3.05) is 7.11 Å². The zero-order valence-corrected chi connectivity index (χ0v) is 9.47. The van der Waals surface area contributed by atoms with E-state index in [-0.39, 0.29) is 11.5 Å². The number of hydrogen-bond donors (Lipinski definition) is 1. The molecular weight excluding hydrogens is 220 g/mol. The molecule has 0 saturated heterocycles. The van der Waals surface area contributed by atoms with Crippen molar-refractivity contribution in [3.8, 4) is 5.75 Å². The Balaban J connectivity index is 2.79. The van der Waals surface area contributed by atoms with Crippen molar-refractivity contribution in [2.24, 2.45) is 0 Å². The van der Waals surface area contributed by atoms with Crippen LogP contribution in [0.1, 0.15) is 10.6 Å². The molecule has 2 aromatic rings. The first-order valence-corrected chi connectivity index (χ1v) is 5.13. The fraction of sp³-hybridized carbons (Fsp3) is 0.154. The summed E-state index contributed by atoms with van der Waals surface area (Å²) in [6.45, 7) is 3.98. The molecule has 17 heavy (non-hydrogen) atoms. The molecule has 0 amide bonds. The van der Waals surface area contributed by atoms with Crippen LogP contribution in [0.2, 0.25) is 0 Å². The molecule has 0 saturated carbocycles. The SMILES string of the molecule is C=CC[o+]1c(C(=O)OC)c(O)c2ccccc21. The number of para-hydroxylation sites is 1. The second kappa shape index (κ2) is 4.33. The monoisotopic (exact) mass is 233 g/mol. The lowest BCUT2D eigenvalue weighted by Crippen LogP contribution is -2.02. The number of methoxy groups -OCH3 is 1. The molecule has 1 N–H and O–H groups in total. The van der Waals surface area contributed by atoms with E-state index in [0.29, 0.717) is 17.6 Å². The number of carbonyl (C=O) groups excluding carboxylic acids is 1. The van der Waals surface area contributed by atoms with Crippen LogP contribution in [0.3, 0.4) is 0 Å². The summed E-state index contributed by atoms with van der Waals surface area (Å²) in [6, 6.07) is 7.16. The fourth-order valence-corrected chi connectivity index (χ4v) is 1.81. The van der Waals surface area contributed by atoms with Gasteiger partial charge in [-0.25, -0.2) is 4.79 Å². The minimum absolute atomic E-state index is 0.0774. The van der Waals surface area contributed by atoms with E-state index in [4.69, 9.17) is 0 Å². The molecule has 0 fully saturated rings. The largest absolute Gasteiger partial charge is 0.524 e. The molecule has 4 nitrogen and oxygen atoms in total. The molecule has 0 bridgehead atoms. The highest BCUT2D eigenvalue weighted by Crippen LogP contribution is 2.37. The van der Waals surface area contributed by atoms with Crippen LogP contribution in [0, 0.1) is 0 Å². The first kappa shape index (κ1) is 11.3. The van der Waals surface area contributed by atoms with Gasteiger partial charge in [0.15, 0.2) is 6.61 Å². The highest BCUT2D eigenvalue weighted by molar-refractivity contribution is 5.98. The lowest BCUT2D eigenvalue weighted by atomic mass is 10.2. The molecule has 0 aliphatic heterocycles. The Morgan fingerprint density at radius 3 is 2.88 bits per heavy atom. The summed E-state index contributed by atoms with van der Waals surface area (Å²) in [6.07, 6.45) is 1.63. The molecule has 1 aromatic heterocycles.